The Balaban J connectivity index is 2.29. The molecule has 0 amide bonds. The molecular weight excluding hydrogens is 290 g/mol. The molecule has 5 heteroatoms. The SMILES string of the molecule is CCN(CC)CC(COC)Nc1cc(OC)cc2cccnc12. The lowest BCUT2D eigenvalue weighted by Gasteiger charge is -2.27. The fraction of sp³-hybridized carbons (Fsp3) is 0.500. The second-order valence-corrected chi connectivity index (χ2v) is 5.53. The Kier molecular flexibility index (Phi) is 6.62. The third kappa shape index (κ3) is 4.56. The Morgan fingerprint density at radius 1 is 1.22 bits per heavy atom. The number of anilines is 1. The van der Waals surface area contributed by atoms with Crippen molar-refractivity contribution in [3.8, 4) is 5.75 Å². The van der Waals surface area contributed by atoms with Gasteiger partial charge in [-0.15, -0.1) is 0 Å². The van der Waals surface area contributed by atoms with Gasteiger partial charge in [-0.2, -0.15) is 0 Å². The number of likely N-dealkylation sites (N-methyl/N-ethyl adjacent to an activating group) is 1. The molecule has 0 saturated heterocycles. The average Bonchev–Trinajstić information content (AvgIpc) is 2.59. The highest BCUT2D eigenvalue weighted by atomic mass is 16.5. The van der Waals surface area contributed by atoms with Crippen LogP contribution >= 0.6 is 0 Å². The monoisotopic (exact) mass is 317 g/mol. The van der Waals surface area contributed by atoms with E-state index in [1.807, 2.05) is 30.5 Å². The lowest BCUT2D eigenvalue weighted by molar-refractivity contribution is 0.164. The summed E-state index contributed by atoms with van der Waals surface area (Å²) in [6.07, 6.45) is 1.82. The molecular formula is C18H27N3O2. The standard InChI is InChI=1S/C18H27N3O2/c1-5-21(6-2)12-15(13-22-3)20-17-11-16(23-4)10-14-8-7-9-19-18(14)17/h7-11,15,20H,5-6,12-13H2,1-4H3. The van der Waals surface area contributed by atoms with E-state index in [4.69, 9.17) is 9.47 Å². The number of hydrogen-bond donors (Lipinski definition) is 1. The first-order valence-corrected chi connectivity index (χ1v) is 8.12. The van der Waals surface area contributed by atoms with Crippen LogP contribution in [-0.4, -0.2) is 56.4 Å². The predicted octanol–water partition coefficient (Wildman–Crippen LogP) is 3.01. The van der Waals surface area contributed by atoms with Crippen molar-refractivity contribution in [2.75, 3.05) is 45.8 Å². The summed E-state index contributed by atoms with van der Waals surface area (Å²) in [5.74, 6) is 0.826. The third-order valence-corrected chi connectivity index (χ3v) is 4.01. The van der Waals surface area contributed by atoms with E-state index in [1.165, 1.54) is 0 Å². The smallest absolute Gasteiger partial charge is 0.121 e. The van der Waals surface area contributed by atoms with Crippen LogP contribution in [0.5, 0.6) is 5.75 Å². The zero-order valence-corrected chi connectivity index (χ0v) is 14.5. The van der Waals surface area contributed by atoms with E-state index in [2.05, 4.69) is 29.0 Å². The number of benzene rings is 1. The highest BCUT2D eigenvalue weighted by molar-refractivity contribution is 5.91. The van der Waals surface area contributed by atoms with E-state index >= 15 is 0 Å². The number of pyridine rings is 1. The summed E-state index contributed by atoms with van der Waals surface area (Å²) in [6, 6.07) is 8.18. The molecule has 23 heavy (non-hydrogen) atoms. The Hall–Kier alpha value is -1.85. The van der Waals surface area contributed by atoms with E-state index < -0.39 is 0 Å². The molecule has 2 rings (SSSR count). The first kappa shape index (κ1) is 17.5. The van der Waals surface area contributed by atoms with Crippen molar-refractivity contribution in [3.63, 3.8) is 0 Å². The van der Waals surface area contributed by atoms with Crippen molar-refractivity contribution >= 4 is 16.6 Å². The molecule has 2 aromatic rings. The van der Waals surface area contributed by atoms with Gasteiger partial charge in [0.15, 0.2) is 0 Å². The van der Waals surface area contributed by atoms with Gasteiger partial charge in [0.1, 0.15) is 5.75 Å². The molecule has 0 fully saturated rings. The van der Waals surface area contributed by atoms with Gasteiger partial charge in [-0.1, -0.05) is 19.9 Å². The number of hydrogen-bond acceptors (Lipinski definition) is 5. The lowest BCUT2D eigenvalue weighted by Crippen LogP contribution is -2.39. The van der Waals surface area contributed by atoms with E-state index in [-0.39, 0.29) is 6.04 Å². The van der Waals surface area contributed by atoms with Crippen molar-refractivity contribution in [2.45, 2.75) is 19.9 Å². The largest absolute Gasteiger partial charge is 0.497 e. The van der Waals surface area contributed by atoms with Crippen LogP contribution in [0.1, 0.15) is 13.8 Å². The molecule has 0 bridgehead atoms. The van der Waals surface area contributed by atoms with Crippen LogP contribution in [0.3, 0.4) is 0 Å². The molecule has 0 aliphatic carbocycles. The number of aromatic nitrogens is 1. The molecule has 0 aliphatic rings. The fourth-order valence-corrected chi connectivity index (χ4v) is 2.75. The topological polar surface area (TPSA) is 46.6 Å². The van der Waals surface area contributed by atoms with Crippen LogP contribution in [-0.2, 0) is 4.74 Å². The summed E-state index contributed by atoms with van der Waals surface area (Å²) in [6.45, 7) is 7.96. The zero-order valence-electron chi connectivity index (χ0n) is 14.5. The minimum Gasteiger partial charge on any atom is -0.497 e. The van der Waals surface area contributed by atoms with E-state index in [0.717, 1.165) is 42.0 Å². The molecule has 1 N–H and O–H groups in total. The van der Waals surface area contributed by atoms with Crippen molar-refractivity contribution in [1.82, 2.24) is 9.88 Å². The first-order valence-electron chi connectivity index (χ1n) is 8.12. The molecule has 1 heterocycles. The molecule has 126 valence electrons. The molecule has 5 nitrogen and oxygen atoms in total. The van der Waals surface area contributed by atoms with Crippen LogP contribution in [0.25, 0.3) is 10.9 Å². The van der Waals surface area contributed by atoms with Crippen molar-refractivity contribution < 1.29 is 9.47 Å². The van der Waals surface area contributed by atoms with Gasteiger partial charge in [-0.3, -0.25) is 4.98 Å². The van der Waals surface area contributed by atoms with Crippen LogP contribution in [0.15, 0.2) is 30.5 Å². The number of nitrogens with one attached hydrogen (secondary N) is 1. The molecule has 0 radical (unpaired) electrons. The second-order valence-electron chi connectivity index (χ2n) is 5.53. The summed E-state index contributed by atoms with van der Waals surface area (Å²) < 4.78 is 10.8. The van der Waals surface area contributed by atoms with Crippen molar-refractivity contribution in [1.29, 1.82) is 0 Å². The van der Waals surface area contributed by atoms with Crippen LogP contribution in [0.2, 0.25) is 0 Å². The number of fused-ring (bicyclic) bond motifs is 1. The average molecular weight is 317 g/mol. The molecule has 0 aliphatic heterocycles. The maximum atomic E-state index is 5.42. The summed E-state index contributed by atoms with van der Waals surface area (Å²) in [5.41, 5.74) is 1.93. The minimum absolute atomic E-state index is 0.192. The number of methoxy groups -OCH3 is 2. The fourth-order valence-electron chi connectivity index (χ4n) is 2.75. The molecule has 1 unspecified atom stereocenters. The molecule has 1 atom stereocenters. The van der Waals surface area contributed by atoms with Gasteiger partial charge in [0.25, 0.3) is 0 Å². The van der Waals surface area contributed by atoms with Gasteiger partial charge in [-0.05, 0) is 25.2 Å². The van der Waals surface area contributed by atoms with E-state index in [0.29, 0.717) is 6.61 Å². The molecule has 1 aromatic carbocycles. The number of nitrogens with zero attached hydrogens (tertiary/aromatic N) is 2. The van der Waals surface area contributed by atoms with E-state index in [1.54, 1.807) is 14.2 Å². The Morgan fingerprint density at radius 3 is 2.65 bits per heavy atom. The summed E-state index contributed by atoms with van der Waals surface area (Å²) >= 11 is 0. The van der Waals surface area contributed by atoms with Crippen LogP contribution in [0.4, 0.5) is 5.69 Å². The zero-order chi connectivity index (χ0) is 16.7. The molecule has 0 spiro atoms. The quantitative estimate of drug-likeness (QED) is 0.770. The minimum atomic E-state index is 0.192. The van der Waals surface area contributed by atoms with Gasteiger partial charge < -0.3 is 19.7 Å². The predicted molar refractivity (Wildman–Crippen MR) is 95.4 cm³/mol. The summed E-state index contributed by atoms with van der Waals surface area (Å²) in [5, 5.41) is 4.65. The van der Waals surface area contributed by atoms with Crippen LogP contribution < -0.4 is 10.1 Å². The number of ether oxygens (including phenoxy) is 2. The van der Waals surface area contributed by atoms with Gasteiger partial charge >= 0.3 is 0 Å². The normalized spacial score (nSPS) is 12.6. The van der Waals surface area contributed by atoms with Gasteiger partial charge in [-0.25, -0.2) is 0 Å². The Labute approximate surface area is 138 Å². The lowest BCUT2D eigenvalue weighted by atomic mass is 10.1. The highest BCUT2D eigenvalue weighted by Crippen LogP contribution is 2.28. The number of rotatable bonds is 9. The van der Waals surface area contributed by atoms with Crippen LogP contribution in [0, 0.1) is 0 Å². The molecule has 1 aromatic heterocycles. The van der Waals surface area contributed by atoms with Crippen molar-refractivity contribution in [3.05, 3.63) is 30.5 Å². The van der Waals surface area contributed by atoms with Gasteiger partial charge in [0, 0.05) is 31.3 Å². The van der Waals surface area contributed by atoms with E-state index in [9.17, 15) is 0 Å². The first-order chi connectivity index (χ1) is 11.2. The maximum absolute atomic E-state index is 5.42. The van der Waals surface area contributed by atoms with Gasteiger partial charge in [0.05, 0.1) is 31.0 Å². The maximum Gasteiger partial charge on any atom is 0.121 e. The summed E-state index contributed by atoms with van der Waals surface area (Å²) in [4.78, 5) is 6.90. The molecule has 0 saturated carbocycles. The summed E-state index contributed by atoms with van der Waals surface area (Å²) in [7, 11) is 3.42. The second kappa shape index (κ2) is 8.70. The Morgan fingerprint density at radius 2 is 2.00 bits per heavy atom. The Bertz CT molecular complexity index is 614. The van der Waals surface area contributed by atoms with Crippen molar-refractivity contribution in [2.24, 2.45) is 0 Å². The highest BCUT2D eigenvalue weighted by Gasteiger charge is 2.15. The van der Waals surface area contributed by atoms with Gasteiger partial charge in [0.2, 0.25) is 0 Å². The third-order valence-electron chi connectivity index (χ3n) is 4.01.